The molecule has 2 N–H and O–H groups in total. The van der Waals surface area contributed by atoms with Gasteiger partial charge in [0.15, 0.2) is 0 Å². The Labute approximate surface area is 148 Å². The van der Waals surface area contributed by atoms with Crippen molar-refractivity contribution in [2.45, 2.75) is 44.9 Å². The number of hydrogen-bond acceptors (Lipinski definition) is 6. The Morgan fingerprint density at radius 3 is 2.77 bits per heavy atom. The minimum atomic E-state index is -0.465. The third kappa shape index (κ3) is 6.05. The zero-order valence-electron chi connectivity index (χ0n) is 12.9. The average molecular weight is 441 g/mol. The molecule has 1 unspecified atom stereocenters. The van der Waals surface area contributed by atoms with Crippen LogP contribution in [0.3, 0.4) is 0 Å². The molecule has 1 aliphatic rings. The van der Waals surface area contributed by atoms with Crippen LogP contribution in [0, 0.1) is 0 Å². The zero-order chi connectivity index (χ0) is 16.7. The molecule has 0 spiro atoms. The smallest absolute Gasteiger partial charge is 0.412 e. The molecule has 22 heavy (non-hydrogen) atoms. The fourth-order valence-electron chi connectivity index (χ4n) is 1.91. The van der Waals surface area contributed by atoms with Gasteiger partial charge in [0.1, 0.15) is 0 Å². The monoisotopic (exact) mass is 441 g/mol. The number of hydrogen-bond donors (Lipinski definition) is 2. The summed E-state index contributed by atoms with van der Waals surface area (Å²) in [7, 11) is 0. The molecular weight excluding hydrogens is 420 g/mol. The first kappa shape index (κ1) is 19.7. The number of halogens is 1. The standard InChI is InChI=1S/C12H21BIN3O4S/c1-4-5-21-13(14)16-15-10(18)7-22-9-6-11(19)17(8(2)3)12(9)20/h8-9,16H,4-7H2,1-3H3,(H,15,18). The minimum Gasteiger partial charge on any atom is -0.412 e. The second-order valence-corrected chi connectivity index (χ2v) is 7.40. The van der Waals surface area contributed by atoms with Gasteiger partial charge < -0.3 is 4.65 Å². The van der Waals surface area contributed by atoms with Gasteiger partial charge in [-0.3, -0.25) is 24.7 Å². The number of hydrazine groups is 1. The Morgan fingerprint density at radius 2 is 2.23 bits per heavy atom. The van der Waals surface area contributed by atoms with Crippen LogP contribution in [-0.2, 0) is 19.0 Å². The number of likely N-dealkylation sites (tertiary alicyclic amines) is 1. The maximum Gasteiger partial charge on any atom is 0.473 e. The molecule has 10 heteroatoms. The molecule has 0 aromatic rings. The van der Waals surface area contributed by atoms with E-state index in [4.69, 9.17) is 4.65 Å². The third-order valence-electron chi connectivity index (χ3n) is 2.87. The summed E-state index contributed by atoms with van der Waals surface area (Å²) in [6.07, 6.45) is 1.06. The Hall–Kier alpha value is -0.325. The lowest BCUT2D eigenvalue weighted by Gasteiger charge is -2.18. The quantitative estimate of drug-likeness (QED) is 0.238. The first-order valence-corrected chi connectivity index (χ1v) is 9.43. The summed E-state index contributed by atoms with van der Waals surface area (Å²) >= 11 is 3.21. The van der Waals surface area contributed by atoms with Crippen molar-refractivity contribution in [3.8, 4) is 0 Å². The second kappa shape index (κ2) is 9.73. The van der Waals surface area contributed by atoms with Gasteiger partial charge >= 0.3 is 4.91 Å². The molecule has 1 fully saturated rings. The van der Waals surface area contributed by atoms with Gasteiger partial charge in [-0.15, -0.1) is 11.8 Å². The van der Waals surface area contributed by atoms with Crippen LogP contribution in [0.15, 0.2) is 0 Å². The first-order chi connectivity index (χ1) is 10.4. The van der Waals surface area contributed by atoms with Crippen LogP contribution < -0.4 is 10.8 Å². The molecule has 1 atom stereocenters. The van der Waals surface area contributed by atoms with Crippen molar-refractivity contribution in [3.05, 3.63) is 0 Å². The van der Waals surface area contributed by atoms with Gasteiger partial charge in [-0.2, -0.15) is 0 Å². The van der Waals surface area contributed by atoms with Gasteiger partial charge in [-0.1, -0.05) is 29.3 Å². The van der Waals surface area contributed by atoms with Crippen LogP contribution in [0.5, 0.6) is 0 Å². The molecule has 0 aromatic carbocycles. The maximum atomic E-state index is 12.1. The largest absolute Gasteiger partial charge is 0.473 e. The van der Waals surface area contributed by atoms with Crippen LogP contribution >= 0.6 is 34.1 Å². The van der Waals surface area contributed by atoms with Gasteiger partial charge in [0, 0.05) is 19.1 Å². The van der Waals surface area contributed by atoms with Gasteiger partial charge in [-0.05, 0) is 20.3 Å². The number of amides is 3. The van der Waals surface area contributed by atoms with Crippen molar-refractivity contribution < 1.29 is 19.0 Å². The van der Waals surface area contributed by atoms with Gasteiger partial charge in [0.25, 0.3) is 0 Å². The van der Waals surface area contributed by atoms with Crippen molar-refractivity contribution in [1.29, 1.82) is 0 Å². The minimum absolute atomic E-state index is 0.111. The zero-order valence-corrected chi connectivity index (χ0v) is 15.9. The molecule has 0 bridgehead atoms. The number of rotatable bonds is 9. The summed E-state index contributed by atoms with van der Waals surface area (Å²) in [5, 5.41) is 2.26. The van der Waals surface area contributed by atoms with E-state index in [0.29, 0.717) is 6.61 Å². The van der Waals surface area contributed by atoms with Crippen LogP contribution in [-0.4, -0.2) is 51.2 Å². The van der Waals surface area contributed by atoms with E-state index in [1.165, 1.54) is 16.7 Å². The molecule has 124 valence electrons. The summed E-state index contributed by atoms with van der Waals surface area (Å²) in [5.41, 5.74) is 2.52. The SMILES string of the molecule is CCCOB(I)NNC(=O)CSC1CC(=O)N(C(C)C)C1=O. The molecule has 7 nitrogen and oxygen atoms in total. The van der Waals surface area contributed by atoms with Gasteiger partial charge in [0.2, 0.25) is 17.7 Å². The Balaban J connectivity index is 2.30. The highest BCUT2D eigenvalue weighted by Gasteiger charge is 2.40. The number of thioether (sulfide) groups is 1. The van der Waals surface area contributed by atoms with Gasteiger partial charge in [-0.25, -0.2) is 5.34 Å². The van der Waals surface area contributed by atoms with Crippen LogP contribution in [0.1, 0.15) is 33.6 Å². The normalized spacial score (nSPS) is 18.2. The number of carbonyl (C=O) groups excluding carboxylic acids is 3. The van der Waals surface area contributed by atoms with Crippen molar-refractivity contribution in [2.75, 3.05) is 12.4 Å². The van der Waals surface area contributed by atoms with Crippen molar-refractivity contribution in [3.63, 3.8) is 0 Å². The fraction of sp³-hybridized carbons (Fsp3) is 0.750. The van der Waals surface area contributed by atoms with E-state index in [-0.39, 0.29) is 40.8 Å². The topological polar surface area (TPSA) is 87.7 Å². The Bertz CT molecular complexity index is 427. The molecule has 1 rings (SSSR count). The third-order valence-corrected chi connectivity index (χ3v) is 4.74. The molecule has 1 saturated heterocycles. The molecule has 0 radical (unpaired) electrons. The van der Waals surface area contributed by atoms with Crippen molar-refractivity contribution >= 4 is 56.8 Å². The summed E-state index contributed by atoms with van der Waals surface area (Å²) in [6, 6.07) is -0.142. The van der Waals surface area contributed by atoms with Gasteiger partial charge in [0.05, 0.1) is 11.0 Å². The summed E-state index contributed by atoms with van der Waals surface area (Å²) in [6.45, 7) is 6.21. The van der Waals surface area contributed by atoms with Crippen LogP contribution in [0.2, 0.25) is 0 Å². The Kier molecular flexibility index (Phi) is 8.73. The van der Waals surface area contributed by atoms with Crippen molar-refractivity contribution in [1.82, 2.24) is 15.7 Å². The highest BCUT2D eigenvalue weighted by Crippen LogP contribution is 2.26. The summed E-state index contributed by atoms with van der Waals surface area (Å²) in [5.74, 6) is -0.519. The van der Waals surface area contributed by atoms with E-state index in [1.54, 1.807) is 13.8 Å². The first-order valence-electron chi connectivity index (χ1n) is 7.14. The number of imide groups is 1. The predicted molar refractivity (Wildman–Crippen MR) is 95.1 cm³/mol. The van der Waals surface area contributed by atoms with Crippen LogP contribution in [0.4, 0.5) is 0 Å². The molecule has 1 aliphatic heterocycles. The second-order valence-electron chi connectivity index (χ2n) is 5.08. The highest BCUT2D eigenvalue weighted by molar-refractivity contribution is 14.1. The summed E-state index contributed by atoms with van der Waals surface area (Å²) in [4.78, 5) is 36.5. The molecular formula is C12H21BIN3O4S. The molecule has 0 saturated carbocycles. The Morgan fingerprint density at radius 1 is 1.55 bits per heavy atom. The van der Waals surface area contributed by atoms with E-state index in [2.05, 4.69) is 10.8 Å². The van der Waals surface area contributed by atoms with E-state index in [0.717, 1.165) is 6.42 Å². The van der Waals surface area contributed by atoms with Crippen molar-refractivity contribution in [2.24, 2.45) is 0 Å². The van der Waals surface area contributed by atoms with E-state index >= 15 is 0 Å². The molecule has 0 aliphatic carbocycles. The van der Waals surface area contributed by atoms with Crippen LogP contribution in [0.25, 0.3) is 0 Å². The summed E-state index contributed by atoms with van der Waals surface area (Å²) < 4.78 is 5.34. The molecule has 3 amide bonds. The lowest BCUT2D eigenvalue weighted by molar-refractivity contribution is -0.140. The molecule has 1 heterocycles. The number of nitrogens with one attached hydrogen (secondary N) is 2. The lowest BCUT2D eigenvalue weighted by atomic mass is 10.3. The van der Waals surface area contributed by atoms with E-state index in [9.17, 15) is 14.4 Å². The average Bonchev–Trinajstić information content (AvgIpc) is 2.74. The lowest BCUT2D eigenvalue weighted by Crippen LogP contribution is -2.46. The highest BCUT2D eigenvalue weighted by atomic mass is 127. The maximum absolute atomic E-state index is 12.1. The fourth-order valence-corrected chi connectivity index (χ4v) is 3.26. The number of nitrogens with zero attached hydrogens (tertiary/aromatic N) is 1. The van der Waals surface area contributed by atoms with E-state index in [1.807, 2.05) is 29.3 Å². The number of carbonyl (C=O) groups is 3. The molecule has 0 aromatic heterocycles. The predicted octanol–water partition coefficient (Wildman–Crippen LogP) is 0.723. The van der Waals surface area contributed by atoms with E-state index < -0.39 is 5.25 Å².